The van der Waals surface area contributed by atoms with E-state index < -0.39 is 4.92 Å². The van der Waals surface area contributed by atoms with Gasteiger partial charge in [0.1, 0.15) is 5.69 Å². The third-order valence-electron chi connectivity index (χ3n) is 1.86. The highest BCUT2D eigenvalue weighted by atomic mass is 16.6. The molecule has 2 aromatic rings. The van der Waals surface area contributed by atoms with Crippen molar-refractivity contribution in [1.82, 2.24) is 15.0 Å². The highest BCUT2D eigenvalue weighted by Gasteiger charge is 2.00. The van der Waals surface area contributed by atoms with Gasteiger partial charge < -0.3 is 0 Å². The standard InChI is InChI=1S/C10H8N4O2/c15-13(16)7-6-9-8-11-14(12-9)10-4-2-1-3-5-10/h1-8H/b7-6+. The van der Waals surface area contributed by atoms with Crippen LogP contribution in [0.5, 0.6) is 0 Å². The first kappa shape index (κ1) is 10.0. The number of benzene rings is 1. The minimum absolute atomic E-state index is 0.445. The van der Waals surface area contributed by atoms with Crippen molar-refractivity contribution in [2.75, 3.05) is 0 Å². The Morgan fingerprint density at radius 1 is 1.31 bits per heavy atom. The van der Waals surface area contributed by atoms with Crippen molar-refractivity contribution in [3.63, 3.8) is 0 Å². The number of rotatable bonds is 3. The summed E-state index contributed by atoms with van der Waals surface area (Å²) in [5, 5.41) is 18.2. The fourth-order valence-electron chi connectivity index (χ4n) is 1.17. The average Bonchev–Trinajstić information content (AvgIpc) is 2.76. The minimum atomic E-state index is -0.540. The summed E-state index contributed by atoms with van der Waals surface area (Å²) >= 11 is 0. The van der Waals surface area contributed by atoms with E-state index >= 15 is 0 Å². The van der Waals surface area contributed by atoms with Gasteiger partial charge in [0.25, 0.3) is 0 Å². The van der Waals surface area contributed by atoms with E-state index in [0.717, 1.165) is 11.9 Å². The summed E-state index contributed by atoms with van der Waals surface area (Å²) in [6, 6.07) is 9.32. The molecule has 0 radical (unpaired) electrons. The first-order chi connectivity index (χ1) is 7.75. The molecule has 1 aromatic carbocycles. The second-order valence-electron chi connectivity index (χ2n) is 3.00. The van der Waals surface area contributed by atoms with Gasteiger partial charge in [-0.3, -0.25) is 10.1 Å². The van der Waals surface area contributed by atoms with E-state index in [-0.39, 0.29) is 0 Å². The Hall–Kier alpha value is -2.50. The monoisotopic (exact) mass is 216 g/mol. The molecule has 0 saturated heterocycles. The van der Waals surface area contributed by atoms with Crippen molar-refractivity contribution in [3.05, 3.63) is 58.5 Å². The summed E-state index contributed by atoms with van der Waals surface area (Å²) in [6.07, 6.45) is 3.60. The maximum Gasteiger partial charge on any atom is 0.236 e. The lowest BCUT2D eigenvalue weighted by Crippen LogP contribution is -1.97. The summed E-state index contributed by atoms with van der Waals surface area (Å²) in [5.41, 5.74) is 1.25. The molecule has 6 nitrogen and oxygen atoms in total. The van der Waals surface area contributed by atoms with Crippen LogP contribution in [0.15, 0.2) is 42.7 Å². The maximum atomic E-state index is 10.1. The summed E-state index contributed by atoms with van der Waals surface area (Å²) in [4.78, 5) is 11.0. The molecule has 16 heavy (non-hydrogen) atoms. The van der Waals surface area contributed by atoms with Crippen LogP contribution < -0.4 is 0 Å². The van der Waals surface area contributed by atoms with Gasteiger partial charge >= 0.3 is 0 Å². The molecule has 80 valence electrons. The van der Waals surface area contributed by atoms with E-state index in [1.54, 1.807) is 0 Å². The predicted octanol–water partition coefficient (Wildman–Crippen LogP) is 1.51. The molecule has 1 heterocycles. The Kier molecular flexibility index (Phi) is 2.73. The molecule has 0 unspecified atom stereocenters. The summed E-state index contributed by atoms with van der Waals surface area (Å²) in [6.45, 7) is 0. The number of nitrogens with zero attached hydrogens (tertiary/aromatic N) is 4. The molecule has 0 aliphatic heterocycles. The molecule has 0 aliphatic rings. The smallest absolute Gasteiger partial charge is 0.236 e. The van der Waals surface area contributed by atoms with Gasteiger partial charge in [-0.25, -0.2) is 0 Å². The van der Waals surface area contributed by atoms with E-state index in [1.807, 2.05) is 30.3 Å². The quantitative estimate of drug-likeness (QED) is 0.575. The lowest BCUT2D eigenvalue weighted by atomic mass is 10.3. The van der Waals surface area contributed by atoms with Crippen LogP contribution in [0.3, 0.4) is 0 Å². The first-order valence-electron chi connectivity index (χ1n) is 4.55. The van der Waals surface area contributed by atoms with Crippen LogP contribution in [-0.4, -0.2) is 19.9 Å². The van der Waals surface area contributed by atoms with E-state index in [0.29, 0.717) is 5.69 Å². The van der Waals surface area contributed by atoms with Crippen LogP contribution in [0.1, 0.15) is 5.69 Å². The molecule has 2 rings (SSSR count). The van der Waals surface area contributed by atoms with Gasteiger partial charge in [-0.15, -0.1) is 5.10 Å². The van der Waals surface area contributed by atoms with Crippen LogP contribution >= 0.6 is 0 Å². The van der Waals surface area contributed by atoms with Gasteiger partial charge in [-0.2, -0.15) is 9.90 Å². The predicted molar refractivity (Wildman–Crippen MR) is 57.4 cm³/mol. The van der Waals surface area contributed by atoms with Crippen molar-refractivity contribution < 1.29 is 4.92 Å². The first-order valence-corrected chi connectivity index (χ1v) is 4.55. The fourth-order valence-corrected chi connectivity index (χ4v) is 1.17. The Bertz CT molecular complexity index is 519. The molecule has 0 N–H and O–H groups in total. The number of para-hydroxylation sites is 1. The van der Waals surface area contributed by atoms with Crippen LogP contribution in [0.25, 0.3) is 11.8 Å². The minimum Gasteiger partial charge on any atom is -0.259 e. The largest absolute Gasteiger partial charge is 0.259 e. The normalized spacial score (nSPS) is 10.8. The summed E-state index contributed by atoms with van der Waals surface area (Å²) in [5.74, 6) is 0. The van der Waals surface area contributed by atoms with Crippen molar-refractivity contribution >= 4 is 6.08 Å². The Morgan fingerprint density at radius 3 is 2.75 bits per heavy atom. The second kappa shape index (κ2) is 4.35. The van der Waals surface area contributed by atoms with Gasteiger partial charge in [0.05, 0.1) is 16.8 Å². The van der Waals surface area contributed by atoms with E-state index in [9.17, 15) is 10.1 Å². The number of hydrogen-bond donors (Lipinski definition) is 0. The lowest BCUT2D eigenvalue weighted by Gasteiger charge is -1.96. The molecular formula is C10H8N4O2. The molecule has 0 bridgehead atoms. The fraction of sp³-hybridized carbons (Fsp3) is 0. The van der Waals surface area contributed by atoms with Crippen LogP contribution in [0.2, 0.25) is 0 Å². The van der Waals surface area contributed by atoms with Crippen molar-refractivity contribution in [3.8, 4) is 5.69 Å². The SMILES string of the molecule is O=[N+]([O-])/C=C/c1cnn(-c2ccccc2)n1. The molecule has 1 aromatic heterocycles. The van der Waals surface area contributed by atoms with Gasteiger partial charge in [-0.1, -0.05) is 18.2 Å². The van der Waals surface area contributed by atoms with E-state index in [2.05, 4.69) is 10.2 Å². The summed E-state index contributed by atoms with van der Waals surface area (Å²) < 4.78 is 0. The molecule has 0 aliphatic carbocycles. The molecule has 0 amide bonds. The maximum absolute atomic E-state index is 10.1. The van der Waals surface area contributed by atoms with Crippen molar-refractivity contribution in [2.24, 2.45) is 0 Å². The molecule has 6 heteroatoms. The van der Waals surface area contributed by atoms with E-state index in [4.69, 9.17) is 0 Å². The Morgan fingerprint density at radius 2 is 2.06 bits per heavy atom. The Balaban J connectivity index is 2.23. The molecular weight excluding hydrogens is 208 g/mol. The van der Waals surface area contributed by atoms with E-state index in [1.165, 1.54) is 17.1 Å². The van der Waals surface area contributed by atoms with Crippen LogP contribution in [0.4, 0.5) is 0 Å². The highest BCUT2D eigenvalue weighted by Crippen LogP contribution is 2.04. The number of aromatic nitrogens is 3. The zero-order valence-corrected chi connectivity index (χ0v) is 8.22. The third kappa shape index (κ3) is 2.30. The topological polar surface area (TPSA) is 73.8 Å². The average molecular weight is 216 g/mol. The molecule has 0 spiro atoms. The van der Waals surface area contributed by atoms with Crippen LogP contribution in [-0.2, 0) is 0 Å². The molecule has 0 atom stereocenters. The highest BCUT2D eigenvalue weighted by molar-refractivity contribution is 5.41. The number of nitro groups is 1. The molecule has 0 saturated carbocycles. The number of hydrogen-bond acceptors (Lipinski definition) is 4. The van der Waals surface area contributed by atoms with Gasteiger partial charge in [0.2, 0.25) is 6.20 Å². The van der Waals surface area contributed by atoms with Crippen LogP contribution in [0, 0.1) is 10.1 Å². The van der Waals surface area contributed by atoms with Gasteiger partial charge in [0.15, 0.2) is 0 Å². The zero-order valence-electron chi connectivity index (χ0n) is 8.22. The van der Waals surface area contributed by atoms with Crippen molar-refractivity contribution in [2.45, 2.75) is 0 Å². The second-order valence-corrected chi connectivity index (χ2v) is 3.00. The Labute approximate surface area is 91.0 Å². The summed E-state index contributed by atoms with van der Waals surface area (Å²) in [7, 11) is 0. The zero-order chi connectivity index (χ0) is 11.4. The van der Waals surface area contributed by atoms with Gasteiger partial charge in [0, 0.05) is 6.08 Å². The van der Waals surface area contributed by atoms with Crippen molar-refractivity contribution in [1.29, 1.82) is 0 Å². The third-order valence-corrected chi connectivity index (χ3v) is 1.86. The van der Waals surface area contributed by atoms with Gasteiger partial charge in [-0.05, 0) is 12.1 Å². The molecule has 0 fully saturated rings. The lowest BCUT2D eigenvalue weighted by molar-refractivity contribution is -0.401.